The Morgan fingerprint density at radius 3 is 3.00 bits per heavy atom. The molecule has 0 spiro atoms. The second kappa shape index (κ2) is 5.13. The summed E-state index contributed by atoms with van der Waals surface area (Å²) in [6, 6.07) is 4.46. The summed E-state index contributed by atoms with van der Waals surface area (Å²) < 4.78 is 12.8. The molecule has 1 aliphatic heterocycles. The number of aliphatic hydroxyl groups excluding tert-OH is 1. The Hall–Kier alpha value is -0.640. The first-order valence-corrected chi connectivity index (χ1v) is 5.91. The van der Waals surface area contributed by atoms with Gasteiger partial charge in [-0.1, -0.05) is 17.7 Å². The smallest absolute Gasteiger partial charge is 0.124 e. The molecule has 2 N–H and O–H groups in total. The highest BCUT2D eigenvalue weighted by molar-refractivity contribution is 6.31. The van der Waals surface area contributed by atoms with Gasteiger partial charge >= 0.3 is 0 Å². The summed E-state index contributed by atoms with van der Waals surface area (Å²) in [5, 5.41) is 13.6. The average Bonchev–Trinajstić information content (AvgIpc) is 2.70. The Morgan fingerprint density at radius 1 is 1.56 bits per heavy atom. The zero-order valence-corrected chi connectivity index (χ0v) is 9.67. The van der Waals surface area contributed by atoms with E-state index in [1.165, 1.54) is 12.1 Å². The Labute approximate surface area is 99.4 Å². The molecular weight excluding hydrogens is 229 g/mol. The molecule has 88 valence electrons. The van der Waals surface area contributed by atoms with E-state index >= 15 is 0 Å². The van der Waals surface area contributed by atoms with Gasteiger partial charge in [-0.05, 0) is 43.5 Å². The summed E-state index contributed by atoms with van der Waals surface area (Å²) in [7, 11) is 0. The van der Waals surface area contributed by atoms with Gasteiger partial charge in [0.15, 0.2) is 0 Å². The summed E-state index contributed by atoms with van der Waals surface area (Å²) in [4.78, 5) is 0. The van der Waals surface area contributed by atoms with Crippen molar-refractivity contribution in [3.63, 3.8) is 0 Å². The largest absolute Gasteiger partial charge is 0.388 e. The third-order valence-electron chi connectivity index (χ3n) is 2.99. The van der Waals surface area contributed by atoms with E-state index < -0.39 is 6.10 Å². The van der Waals surface area contributed by atoms with Crippen LogP contribution in [0.5, 0.6) is 0 Å². The van der Waals surface area contributed by atoms with Crippen molar-refractivity contribution < 1.29 is 9.50 Å². The maximum absolute atomic E-state index is 12.8. The Kier molecular flexibility index (Phi) is 3.79. The molecule has 2 unspecified atom stereocenters. The molecular formula is C12H15ClFNO. The minimum Gasteiger partial charge on any atom is -0.388 e. The zero-order chi connectivity index (χ0) is 11.5. The molecule has 2 nitrogen and oxygen atoms in total. The van der Waals surface area contributed by atoms with Crippen LogP contribution in [0.15, 0.2) is 18.2 Å². The third kappa shape index (κ3) is 2.73. The molecule has 0 aliphatic carbocycles. The molecule has 0 amide bonds. The zero-order valence-electron chi connectivity index (χ0n) is 8.92. The van der Waals surface area contributed by atoms with Crippen molar-refractivity contribution in [2.45, 2.75) is 31.4 Å². The molecule has 0 saturated carbocycles. The minimum absolute atomic E-state index is 0.297. The Balaban J connectivity index is 2.04. The summed E-state index contributed by atoms with van der Waals surface area (Å²) in [6.45, 7) is 1.01. The molecule has 1 aromatic carbocycles. The van der Waals surface area contributed by atoms with Crippen molar-refractivity contribution in [3.05, 3.63) is 34.6 Å². The summed E-state index contributed by atoms with van der Waals surface area (Å²) >= 11 is 5.89. The van der Waals surface area contributed by atoms with Crippen LogP contribution in [0.3, 0.4) is 0 Å². The predicted molar refractivity (Wildman–Crippen MR) is 62.0 cm³/mol. The summed E-state index contributed by atoms with van der Waals surface area (Å²) in [6.07, 6.45) is 2.24. The van der Waals surface area contributed by atoms with Crippen LogP contribution in [0.1, 0.15) is 30.9 Å². The highest BCUT2D eigenvalue weighted by atomic mass is 35.5. The number of hydrogen-bond donors (Lipinski definition) is 2. The van der Waals surface area contributed by atoms with Gasteiger partial charge in [0.1, 0.15) is 5.82 Å². The van der Waals surface area contributed by atoms with Crippen molar-refractivity contribution in [2.75, 3.05) is 6.54 Å². The number of rotatable bonds is 3. The van der Waals surface area contributed by atoms with Crippen molar-refractivity contribution in [2.24, 2.45) is 0 Å². The van der Waals surface area contributed by atoms with E-state index in [9.17, 15) is 9.50 Å². The number of halogens is 2. The fourth-order valence-corrected chi connectivity index (χ4v) is 2.42. The molecule has 16 heavy (non-hydrogen) atoms. The van der Waals surface area contributed by atoms with Crippen LogP contribution in [0, 0.1) is 5.82 Å². The fourth-order valence-electron chi connectivity index (χ4n) is 2.13. The molecule has 2 atom stereocenters. The molecule has 1 aliphatic rings. The lowest BCUT2D eigenvalue weighted by Crippen LogP contribution is -2.23. The molecule has 1 fully saturated rings. The number of hydrogen-bond acceptors (Lipinski definition) is 2. The van der Waals surface area contributed by atoms with Gasteiger partial charge in [-0.15, -0.1) is 0 Å². The van der Waals surface area contributed by atoms with Gasteiger partial charge < -0.3 is 10.4 Å². The molecule has 0 bridgehead atoms. The minimum atomic E-state index is -0.622. The Morgan fingerprint density at radius 2 is 2.38 bits per heavy atom. The lowest BCUT2D eigenvalue weighted by atomic mass is 10.0. The van der Waals surface area contributed by atoms with Crippen molar-refractivity contribution in [1.82, 2.24) is 5.32 Å². The van der Waals surface area contributed by atoms with E-state index in [-0.39, 0.29) is 5.82 Å². The lowest BCUT2D eigenvalue weighted by Gasteiger charge is -2.17. The first-order chi connectivity index (χ1) is 7.66. The average molecular weight is 244 g/mol. The highest BCUT2D eigenvalue weighted by Crippen LogP contribution is 2.28. The van der Waals surface area contributed by atoms with Gasteiger partial charge in [-0.25, -0.2) is 4.39 Å². The van der Waals surface area contributed by atoms with Gasteiger partial charge in [0.2, 0.25) is 0 Å². The van der Waals surface area contributed by atoms with Gasteiger partial charge in [-0.3, -0.25) is 0 Å². The molecule has 1 heterocycles. The number of nitrogens with one attached hydrogen (secondary N) is 1. The van der Waals surface area contributed by atoms with Crippen molar-refractivity contribution >= 4 is 11.6 Å². The molecule has 2 rings (SSSR count). The SMILES string of the molecule is OC(CC1CCCN1)c1ccc(F)cc1Cl. The number of aliphatic hydroxyl groups is 1. The third-order valence-corrected chi connectivity index (χ3v) is 3.32. The van der Waals surface area contributed by atoms with Crippen LogP contribution in [0.4, 0.5) is 4.39 Å². The van der Waals surface area contributed by atoms with E-state index in [2.05, 4.69) is 5.32 Å². The predicted octanol–water partition coefficient (Wildman–Crippen LogP) is 2.65. The number of benzene rings is 1. The van der Waals surface area contributed by atoms with Gasteiger partial charge in [-0.2, -0.15) is 0 Å². The normalized spacial score (nSPS) is 22.3. The standard InChI is InChI=1S/C12H15ClFNO/c13-11-6-8(14)3-4-10(11)12(16)7-9-2-1-5-15-9/h3-4,6,9,12,15-16H,1-2,5,7H2. The Bertz CT molecular complexity index is 366. The molecule has 0 aromatic heterocycles. The van der Waals surface area contributed by atoms with Crippen LogP contribution in [-0.4, -0.2) is 17.7 Å². The van der Waals surface area contributed by atoms with E-state index in [4.69, 9.17) is 11.6 Å². The van der Waals surface area contributed by atoms with Gasteiger partial charge in [0, 0.05) is 11.1 Å². The first kappa shape index (κ1) is 11.8. The van der Waals surface area contributed by atoms with Crippen LogP contribution < -0.4 is 5.32 Å². The van der Waals surface area contributed by atoms with E-state index in [0.717, 1.165) is 19.4 Å². The lowest BCUT2D eigenvalue weighted by molar-refractivity contribution is 0.154. The van der Waals surface area contributed by atoms with E-state index in [0.29, 0.717) is 23.0 Å². The monoisotopic (exact) mass is 243 g/mol. The maximum Gasteiger partial charge on any atom is 0.124 e. The second-order valence-electron chi connectivity index (χ2n) is 4.21. The van der Waals surface area contributed by atoms with Crippen molar-refractivity contribution in [1.29, 1.82) is 0 Å². The fraction of sp³-hybridized carbons (Fsp3) is 0.500. The second-order valence-corrected chi connectivity index (χ2v) is 4.62. The summed E-state index contributed by atoms with van der Waals surface area (Å²) in [5.41, 5.74) is 0.608. The van der Waals surface area contributed by atoms with Gasteiger partial charge in [0.25, 0.3) is 0 Å². The molecule has 1 saturated heterocycles. The molecule has 4 heteroatoms. The topological polar surface area (TPSA) is 32.3 Å². The van der Waals surface area contributed by atoms with E-state index in [1.807, 2.05) is 0 Å². The van der Waals surface area contributed by atoms with Gasteiger partial charge in [0.05, 0.1) is 6.10 Å². The first-order valence-electron chi connectivity index (χ1n) is 5.53. The quantitative estimate of drug-likeness (QED) is 0.856. The van der Waals surface area contributed by atoms with Crippen LogP contribution in [-0.2, 0) is 0 Å². The van der Waals surface area contributed by atoms with Crippen LogP contribution >= 0.6 is 11.6 Å². The van der Waals surface area contributed by atoms with Crippen molar-refractivity contribution in [3.8, 4) is 0 Å². The molecule has 0 radical (unpaired) electrons. The molecule has 1 aromatic rings. The maximum atomic E-state index is 12.8. The van der Waals surface area contributed by atoms with Crippen LogP contribution in [0.25, 0.3) is 0 Å². The summed E-state index contributed by atoms with van der Waals surface area (Å²) in [5.74, 6) is -0.375. The van der Waals surface area contributed by atoms with E-state index in [1.54, 1.807) is 6.07 Å². The highest BCUT2D eigenvalue weighted by Gasteiger charge is 2.20. The van der Waals surface area contributed by atoms with Crippen LogP contribution in [0.2, 0.25) is 5.02 Å².